The first kappa shape index (κ1) is 21.8. The molecule has 0 unspecified atom stereocenters. The molecule has 0 spiro atoms. The lowest BCUT2D eigenvalue weighted by Gasteiger charge is -2.35. The maximum Gasteiger partial charge on any atom is 0.416 e. The van der Waals surface area contributed by atoms with Crippen LogP contribution in [0, 0.1) is 0 Å². The molecule has 2 aliphatic heterocycles. The summed E-state index contributed by atoms with van der Waals surface area (Å²) >= 11 is 5.75. The summed E-state index contributed by atoms with van der Waals surface area (Å²) in [5.41, 5.74) is 0.584. The lowest BCUT2D eigenvalue weighted by atomic mass is 10.2. The van der Waals surface area contributed by atoms with Crippen LogP contribution in [-0.2, 0) is 27.4 Å². The molecule has 0 radical (unpaired) electrons. The highest BCUT2D eigenvalue weighted by atomic mass is 35.5. The average molecular weight is 475 g/mol. The highest BCUT2D eigenvalue weighted by Gasteiger charge is 2.34. The monoisotopic (exact) mass is 474 g/mol. The summed E-state index contributed by atoms with van der Waals surface area (Å²) in [6, 6.07) is 6.33. The van der Waals surface area contributed by atoms with Crippen LogP contribution < -0.4 is 9.80 Å². The maximum atomic E-state index is 13.1. The first-order valence-corrected chi connectivity index (χ1v) is 11.3. The third-order valence-corrected chi connectivity index (χ3v) is 7.51. The summed E-state index contributed by atoms with van der Waals surface area (Å²) in [6.45, 7) is 1.04. The van der Waals surface area contributed by atoms with E-state index < -0.39 is 21.8 Å². The number of rotatable bonds is 4. The molecule has 3 heterocycles. The first-order valence-electron chi connectivity index (χ1n) is 9.44. The number of pyridine rings is 1. The van der Waals surface area contributed by atoms with Crippen LogP contribution in [0.4, 0.5) is 24.7 Å². The number of piperazine rings is 1. The summed E-state index contributed by atoms with van der Waals surface area (Å²) in [4.78, 5) is 18.3. The van der Waals surface area contributed by atoms with Crippen LogP contribution in [-0.4, -0.2) is 56.8 Å². The number of halogens is 4. The van der Waals surface area contributed by atoms with Gasteiger partial charge >= 0.3 is 6.18 Å². The molecule has 0 atom stereocenters. The van der Waals surface area contributed by atoms with Gasteiger partial charge < -0.3 is 9.80 Å². The number of hydrogen-bond acceptors (Lipinski definition) is 5. The van der Waals surface area contributed by atoms with Gasteiger partial charge in [-0.3, -0.25) is 4.79 Å². The van der Waals surface area contributed by atoms with Crippen LogP contribution >= 0.6 is 11.6 Å². The molecule has 2 aliphatic rings. The van der Waals surface area contributed by atoms with E-state index in [4.69, 9.17) is 11.6 Å². The number of amides is 1. The van der Waals surface area contributed by atoms with Gasteiger partial charge in [0.15, 0.2) is 0 Å². The molecular weight excluding hydrogens is 457 g/mol. The van der Waals surface area contributed by atoms with Crippen molar-refractivity contribution >= 4 is 39.5 Å². The summed E-state index contributed by atoms with van der Waals surface area (Å²) < 4.78 is 66.6. The van der Waals surface area contributed by atoms with E-state index in [1.807, 2.05) is 0 Å². The van der Waals surface area contributed by atoms with Crippen LogP contribution in [0.3, 0.4) is 0 Å². The lowest BCUT2D eigenvalue weighted by Crippen LogP contribution is -2.49. The van der Waals surface area contributed by atoms with Gasteiger partial charge in [0.2, 0.25) is 16.4 Å². The Morgan fingerprint density at radius 3 is 2.39 bits per heavy atom. The van der Waals surface area contributed by atoms with Gasteiger partial charge in [0, 0.05) is 38.4 Å². The molecule has 1 amide bonds. The first-order chi connectivity index (χ1) is 14.6. The van der Waals surface area contributed by atoms with E-state index in [1.54, 1.807) is 17.0 Å². The SMILES string of the molecule is O=CN1CCc2cc(S(=O)(=O)N3CCN(c4cc(C(F)(F)F)cc(Cl)n4)CC3)ccc21. The number of anilines is 2. The van der Waals surface area contributed by atoms with E-state index in [0.29, 0.717) is 25.1 Å². The number of sulfonamides is 1. The van der Waals surface area contributed by atoms with Crippen molar-refractivity contribution in [3.8, 4) is 0 Å². The largest absolute Gasteiger partial charge is 0.416 e. The molecule has 4 rings (SSSR count). The molecule has 0 N–H and O–H groups in total. The van der Waals surface area contributed by atoms with Gasteiger partial charge in [0.1, 0.15) is 11.0 Å². The predicted molar refractivity (Wildman–Crippen MR) is 109 cm³/mol. The molecule has 12 heteroatoms. The fourth-order valence-electron chi connectivity index (χ4n) is 3.79. The summed E-state index contributed by atoms with van der Waals surface area (Å²) in [5, 5.41) is -0.276. The second-order valence-corrected chi connectivity index (χ2v) is 9.59. The minimum Gasteiger partial charge on any atom is -0.354 e. The van der Waals surface area contributed by atoms with E-state index >= 15 is 0 Å². The van der Waals surface area contributed by atoms with Crippen molar-refractivity contribution in [2.24, 2.45) is 0 Å². The summed E-state index contributed by atoms with van der Waals surface area (Å²) in [6.07, 6.45) is -3.26. The van der Waals surface area contributed by atoms with E-state index in [1.165, 1.54) is 15.3 Å². The molecule has 7 nitrogen and oxygen atoms in total. The third-order valence-electron chi connectivity index (χ3n) is 5.42. The van der Waals surface area contributed by atoms with Crippen molar-refractivity contribution in [1.82, 2.24) is 9.29 Å². The van der Waals surface area contributed by atoms with Gasteiger partial charge in [-0.15, -0.1) is 0 Å². The van der Waals surface area contributed by atoms with Gasteiger partial charge in [-0.1, -0.05) is 11.6 Å². The minimum atomic E-state index is -4.56. The Labute approximate surface area is 182 Å². The van der Waals surface area contributed by atoms with Crippen LogP contribution in [0.15, 0.2) is 35.2 Å². The van der Waals surface area contributed by atoms with Crippen LogP contribution in [0.25, 0.3) is 0 Å². The smallest absolute Gasteiger partial charge is 0.354 e. The number of carbonyl (C=O) groups excluding carboxylic acids is 1. The lowest BCUT2D eigenvalue weighted by molar-refractivity contribution is -0.137. The van der Waals surface area contributed by atoms with Crippen molar-refractivity contribution in [2.75, 3.05) is 42.5 Å². The Kier molecular flexibility index (Phi) is 5.61. The molecule has 166 valence electrons. The number of benzene rings is 1. The summed E-state index contributed by atoms with van der Waals surface area (Å²) in [5.74, 6) is 0.0587. The van der Waals surface area contributed by atoms with Crippen molar-refractivity contribution in [3.63, 3.8) is 0 Å². The van der Waals surface area contributed by atoms with Gasteiger partial charge in [-0.2, -0.15) is 17.5 Å². The number of hydrogen-bond donors (Lipinski definition) is 0. The second-order valence-electron chi connectivity index (χ2n) is 7.26. The van der Waals surface area contributed by atoms with Crippen LogP contribution in [0.1, 0.15) is 11.1 Å². The average Bonchev–Trinajstić information content (AvgIpc) is 3.15. The summed E-state index contributed by atoms with van der Waals surface area (Å²) in [7, 11) is -3.78. The highest BCUT2D eigenvalue weighted by Crippen LogP contribution is 2.34. The molecule has 0 bridgehead atoms. The van der Waals surface area contributed by atoms with E-state index in [2.05, 4.69) is 4.98 Å². The molecule has 2 aromatic rings. The Hall–Kier alpha value is -2.37. The number of alkyl halides is 3. The third kappa shape index (κ3) is 4.21. The number of carbonyl (C=O) groups is 1. The zero-order chi connectivity index (χ0) is 22.4. The fraction of sp³-hybridized carbons (Fsp3) is 0.368. The minimum absolute atomic E-state index is 0.0587. The number of fused-ring (bicyclic) bond motifs is 1. The van der Waals surface area contributed by atoms with E-state index in [9.17, 15) is 26.4 Å². The van der Waals surface area contributed by atoms with Crippen molar-refractivity contribution in [3.05, 3.63) is 46.6 Å². The van der Waals surface area contributed by atoms with Gasteiger partial charge in [-0.25, -0.2) is 13.4 Å². The van der Waals surface area contributed by atoms with E-state index in [0.717, 1.165) is 17.7 Å². The van der Waals surface area contributed by atoms with Gasteiger partial charge in [-0.05, 0) is 42.3 Å². The zero-order valence-corrected chi connectivity index (χ0v) is 17.7. The molecule has 1 aromatic carbocycles. The van der Waals surface area contributed by atoms with Crippen molar-refractivity contribution in [2.45, 2.75) is 17.5 Å². The molecule has 0 aliphatic carbocycles. The van der Waals surface area contributed by atoms with Crippen molar-refractivity contribution in [1.29, 1.82) is 0 Å². The number of aromatic nitrogens is 1. The van der Waals surface area contributed by atoms with Crippen LogP contribution in [0.5, 0.6) is 0 Å². The van der Waals surface area contributed by atoms with Gasteiger partial charge in [0.05, 0.1) is 10.5 Å². The second kappa shape index (κ2) is 7.95. The Balaban J connectivity index is 1.50. The Bertz CT molecular complexity index is 1120. The molecule has 1 aromatic heterocycles. The Morgan fingerprint density at radius 1 is 1.03 bits per heavy atom. The maximum absolute atomic E-state index is 13.1. The Morgan fingerprint density at radius 2 is 1.74 bits per heavy atom. The predicted octanol–water partition coefficient (Wildman–Crippen LogP) is 2.78. The van der Waals surface area contributed by atoms with Crippen molar-refractivity contribution < 1.29 is 26.4 Å². The van der Waals surface area contributed by atoms with E-state index in [-0.39, 0.29) is 42.0 Å². The molecular formula is C19H18ClF3N4O3S. The molecule has 31 heavy (non-hydrogen) atoms. The zero-order valence-electron chi connectivity index (χ0n) is 16.1. The quantitative estimate of drug-likeness (QED) is 0.503. The van der Waals surface area contributed by atoms with Crippen LogP contribution in [0.2, 0.25) is 5.15 Å². The normalized spacial score (nSPS) is 17.7. The molecule has 1 fully saturated rings. The van der Waals surface area contributed by atoms with Gasteiger partial charge in [0.25, 0.3) is 0 Å². The molecule has 1 saturated heterocycles. The number of nitrogens with zero attached hydrogens (tertiary/aromatic N) is 4. The topological polar surface area (TPSA) is 73.8 Å². The standard InChI is InChI=1S/C19H18ClF3N4O3S/c20-17-10-14(19(21,22)23)11-18(24-17)25-5-7-27(8-6-25)31(29,30)15-1-2-16-13(9-15)3-4-26(16)12-28/h1-2,9-12H,3-8H2. The highest BCUT2D eigenvalue weighted by molar-refractivity contribution is 7.89. The fourth-order valence-corrected chi connectivity index (χ4v) is 5.47. The molecule has 0 saturated carbocycles.